The highest BCUT2D eigenvalue weighted by molar-refractivity contribution is 7.57. The van der Waals surface area contributed by atoms with Gasteiger partial charge in [0.05, 0.1) is 30.5 Å². The number of anilines is 1. The summed E-state index contributed by atoms with van der Waals surface area (Å²) < 4.78 is 47.6. The molecule has 4 fully saturated rings. The summed E-state index contributed by atoms with van der Waals surface area (Å²) in [5.74, 6) is -4.66. The molecule has 332 valence electrons. The Hall–Kier alpha value is -5.71. The van der Waals surface area contributed by atoms with Gasteiger partial charge < -0.3 is 24.2 Å². The highest BCUT2D eigenvalue weighted by Crippen LogP contribution is 2.58. The molecule has 3 saturated heterocycles. The first-order valence-corrected chi connectivity index (χ1v) is 23.6. The van der Waals surface area contributed by atoms with Gasteiger partial charge in [0.25, 0.3) is 17.7 Å². The molecule has 16 nitrogen and oxygen atoms in total. The number of rotatable bonds is 14. The van der Waals surface area contributed by atoms with Crippen LogP contribution < -0.4 is 24.6 Å². The van der Waals surface area contributed by atoms with Crippen LogP contribution in [0.15, 0.2) is 72.9 Å². The number of hydrogen-bond acceptors (Lipinski definition) is 12. The molecule has 1 aliphatic carbocycles. The number of carbonyl (C=O) groups is 6. The molecule has 2 N–H and O–H groups in total. The lowest BCUT2D eigenvalue weighted by Gasteiger charge is -2.36. The number of ether oxygens (including phenoxy) is 2. The van der Waals surface area contributed by atoms with Gasteiger partial charge in [-0.05, 0) is 99.2 Å². The summed E-state index contributed by atoms with van der Waals surface area (Å²) in [6, 6.07) is 12.9. The van der Waals surface area contributed by atoms with Gasteiger partial charge in [0.15, 0.2) is 0 Å². The van der Waals surface area contributed by atoms with Gasteiger partial charge in [0.1, 0.15) is 29.4 Å². The van der Waals surface area contributed by atoms with E-state index in [1.165, 1.54) is 61.5 Å². The Morgan fingerprint density at radius 3 is 2.46 bits per heavy atom. The number of esters is 1. The number of urea groups is 1. The minimum Gasteiger partial charge on any atom is -0.481 e. The van der Waals surface area contributed by atoms with E-state index < -0.39 is 72.7 Å². The smallest absolute Gasteiger partial charge is 0.355 e. The van der Waals surface area contributed by atoms with Crippen molar-refractivity contribution in [3.63, 3.8) is 0 Å². The molecule has 4 aliphatic rings. The summed E-state index contributed by atoms with van der Waals surface area (Å²) in [5, 5.41) is 5.93. The normalized spacial score (nSPS) is 22.5. The molecule has 0 bridgehead atoms. The molecule has 1 spiro atoms. The van der Waals surface area contributed by atoms with Crippen LogP contribution in [-0.2, 0) is 28.5 Å². The molecular weight excluding hydrogens is 855 g/mol. The fourth-order valence-corrected chi connectivity index (χ4v) is 11.5. The van der Waals surface area contributed by atoms with Crippen LogP contribution in [0.25, 0.3) is 10.1 Å². The summed E-state index contributed by atoms with van der Waals surface area (Å²) in [7, 11) is -3.05. The molecular formula is C44H48FN6O10PS. The molecule has 6 amide bonds. The van der Waals surface area contributed by atoms with Crippen molar-refractivity contribution in [3.8, 4) is 11.6 Å². The number of methoxy groups -OCH3 is 1. The molecule has 2 aromatic heterocycles. The quantitative estimate of drug-likeness (QED) is 0.0746. The Morgan fingerprint density at radius 2 is 1.76 bits per heavy atom. The Morgan fingerprint density at radius 1 is 1.00 bits per heavy atom. The van der Waals surface area contributed by atoms with Crippen LogP contribution in [0.4, 0.5) is 14.9 Å². The number of para-hydroxylation sites is 1. The first-order valence-electron chi connectivity index (χ1n) is 21.1. The van der Waals surface area contributed by atoms with Crippen molar-refractivity contribution in [2.24, 2.45) is 0 Å². The minimum absolute atomic E-state index is 0.0194. The predicted molar refractivity (Wildman–Crippen MR) is 230 cm³/mol. The van der Waals surface area contributed by atoms with Crippen LogP contribution in [0.5, 0.6) is 11.6 Å². The summed E-state index contributed by atoms with van der Waals surface area (Å²) in [6.45, 7) is 3.38. The van der Waals surface area contributed by atoms with E-state index in [0.29, 0.717) is 67.3 Å². The largest absolute Gasteiger partial charge is 0.481 e. The number of carbonyl (C=O) groups excluding carboxylic acids is 6. The summed E-state index contributed by atoms with van der Waals surface area (Å²) in [5.41, 5.74) is -1.14. The van der Waals surface area contributed by atoms with Crippen molar-refractivity contribution in [3.05, 3.63) is 83.4 Å². The molecule has 3 aliphatic heterocycles. The van der Waals surface area contributed by atoms with Gasteiger partial charge in [-0.25, -0.2) is 29.1 Å². The van der Waals surface area contributed by atoms with E-state index in [1.54, 1.807) is 30.3 Å². The monoisotopic (exact) mass is 902 g/mol. The lowest BCUT2D eigenvalue weighted by molar-refractivity contribution is -0.147. The second kappa shape index (κ2) is 17.8. The number of hydrogen-bond donors (Lipinski definition) is 2. The van der Waals surface area contributed by atoms with Crippen LogP contribution in [0, 0.1) is 0 Å². The van der Waals surface area contributed by atoms with Crippen molar-refractivity contribution in [1.82, 2.24) is 25.2 Å². The van der Waals surface area contributed by atoms with Gasteiger partial charge in [0, 0.05) is 16.8 Å². The van der Waals surface area contributed by atoms with Crippen molar-refractivity contribution in [2.75, 3.05) is 18.6 Å². The van der Waals surface area contributed by atoms with Crippen LogP contribution >= 0.6 is 18.9 Å². The molecule has 63 heavy (non-hydrogen) atoms. The van der Waals surface area contributed by atoms with Crippen molar-refractivity contribution in [2.45, 2.75) is 107 Å². The van der Waals surface area contributed by atoms with E-state index in [9.17, 15) is 33.3 Å². The fraction of sp³-hybridized carbons (Fsp3) is 0.432. The number of fused-ring (bicyclic) bond motifs is 2. The van der Waals surface area contributed by atoms with E-state index in [0.717, 1.165) is 27.6 Å². The van der Waals surface area contributed by atoms with Crippen LogP contribution in [0.2, 0.25) is 0 Å². The van der Waals surface area contributed by atoms with E-state index in [2.05, 4.69) is 15.4 Å². The average molecular weight is 903 g/mol. The maximum Gasteiger partial charge on any atom is 0.355 e. The van der Waals surface area contributed by atoms with Crippen molar-refractivity contribution >= 4 is 70.3 Å². The van der Waals surface area contributed by atoms with E-state index in [4.69, 9.17) is 14.0 Å². The minimum atomic E-state index is -4.49. The van der Waals surface area contributed by atoms with Gasteiger partial charge in [-0.2, -0.15) is 0 Å². The molecule has 1 saturated carbocycles. The third-order valence-corrected chi connectivity index (χ3v) is 15.2. The molecule has 0 radical (unpaired) electrons. The molecule has 6 atom stereocenters. The number of halogens is 1. The standard InChI is InChI=1S/C44H48FN6O10PS/c1-4-22-60-41(55)26(2)48-62(58,61-31-11-6-5-7-12-31)37(45)27-14-18-34-28(23-27)24-35(63-34)38(52)47-32-13-9-8-10-29-15-17-33(49(29)39(32)53)40(54)51-43(57)50(42(56)44(51)20-21-44)30-16-19-36(59-3)46-25-30/h5-7,11-12,14,16,18-19,23-26,29,32-33,37H,4,8-10,13,15,17,20-22H2,1-3H3,(H,47,52)(H,48,58)/t26-,29-,32?,33-,37+,62?/m0/s1. The number of pyridine rings is 1. The number of imide groups is 2. The molecule has 2 unspecified atom stereocenters. The maximum absolute atomic E-state index is 16.6. The van der Waals surface area contributed by atoms with Crippen LogP contribution in [-0.4, -0.2) is 93.8 Å². The lowest BCUT2D eigenvalue weighted by Crippen LogP contribution is -2.58. The van der Waals surface area contributed by atoms with E-state index >= 15 is 4.39 Å². The number of aromatic nitrogens is 1. The Balaban J connectivity index is 0.994. The fourth-order valence-electron chi connectivity index (χ4n) is 8.62. The third kappa shape index (κ3) is 8.43. The van der Waals surface area contributed by atoms with Gasteiger partial charge in [-0.3, -0.25) is 28.5 Å². The predicted octanol–water partition coefficient (Wildman–Crippen LogP) is 7.04. The molecule has 2 aromatic carbocycles. The van der Waals surface area contributed by atoms with Gasteiger partial charge in [-0.1, -0.05) is 44.0 Å². The van der Waals surface area contributed by atoms with Gasteiger partial charge in [-0.15, -0.1) is 11.3 Å². The van der Waals surface area contributed by atoms with E-state index in [1.807, 2.05) is 6.92 Å². The second-order valence-electron chi connectivity index (χ2n) is 16.3. The first-order chi connectivity index (χ1) is 30.3. The molecule has 5 heterocycles. The number of thiophene rings is 1. The Kier molecular flexibility index (Phi) is 12.4. The van der Waals surface area contributed by atoms with Crippen molar-refractivity contribution < 1.29 is 51.7 Å². The van der Waals surface area contributed by atoms with Gasteiger partial charge >= 0.3 is 19.5 Å². The Bertz CT molecular complexity index is 2490. The van der Waals surface area contributed by atoms with E-state index in [-0.39, 0.29) is 34.5 Å². The first kappa shape index (κ1) is 43.9. The average Bonchev–Trinajstić information content (AvgIpc) is 3.68. The molecule has 19 heteroatoms. The topological polar surface area (TPSA) is 194 Å². The maximum atomic E-state index is 16.6. The SMILES string of the molecule is CCCOC(=O)[C@H](C)NP(=O)(Oc1ccccc1)[C@@H](F)c1ccc2sc(C(=O)NC3CCCC[C@H]4CC[C@@H](C(=O)N5C(=O)N(c6ccc(OC)nc6)C(=O)C56CC6)N4C3=O)cc2c1. The second-order valence-corrected chi connectivity index (χ2v) is 19.4. The van der Waals surface area contributed by atoms with Gasteiger partial charge in [0.2, 0.25) is 17.7 Å². The summed E-state index contributed by atoms with van der Waals surface area (Å²) in [4.78, 5) is 91.0. The van der Waals surface area contributed by atoms with Crippen LogP contribution in [0.3, 0.4) is 0 Å². The number of nitrogens with zero attached hydrogens (tertiary/aromatic N) is 4. The molecule has 4 aromatic rings. The summed E-state index contributed by atoms with van der Waals surface area (Å²) >= 11 is 1.12. The third-order valence-electron chi connectivity index (χ3n) is 12.0. The number of nitrogens with one attached hydrogen (secondary N) is 2. The number of amides is 6. The molecule has 8 rings (SSSR count). The zero-order valence-corrected chi connectivity index (χ0v) is 36.7. The number of benzene rings is 2. The van der Waals surface area contributed by atoms with Crippen LogP contribution in [0.1, 0.15) is 92.8 Å². The highest BCUT2D eigenvalue weighted by Gasteiger charge is 2.68. The zero-order valence-electron chi connectivity index (χ0n) is 35.0. The summed E-state index contributed by atoms with van der Waals surface area (Å²) in [6.07, 6.45) is 5.68. The van der Waals surface area contributed by atoms with Crippen molar-refractivity contribution in [1.29, 1.82) is 0 Å². The Labute approximate surface area is 366 Å². The zero-order chi connectivity index (χ0) is 44.6. The highest BCUT2D eigenvalue weighted by atomic mass is 32.1. The lowest BCUT2D eigenvalue weighted by atomic mass is 9.99. The number of alkyl halides is 1.